The summed E-state index contributed by atoms with van der Waals surface area (Å²) in [6.07, 6.45) is 3.61. The predicted octanol–water partition coefficient (Wildman–Crippen LogP) is 2.55. The van der Waals surface area contributed by atoms with Gasteiger partial charge >= 0.3 is 5.97 Å². The highest BCUT2D eigenvalue weighted by Gasteiger charge is 2.07. The standard InChI is InChI=1S/C10H9ClN2O2S/c11-10-7-1-4-12-13(7)5-2-8(10)16-6-3-9(14)15/h1-2,4-5H,3,6H2,(H,14,15). The molecule has 2 rings (SSSR count). The smallest absolute Gasteiger partial charge is 0.304 e. The van der Waals surface area contributed by atoms with Crippen molar-refractivity contribution in [3.05, 3.63) is 29.5 Å². The van der Waals surface area contributed by atoms with Crippen molar-refractivity contribution in [1.29, 1.82) is 0 Å². The molecule has 4 nitrogen and oxygen atoms in total. The average Bonchev–Trinajstić information content (AvgIpc) is 2.69. The summed E-state index contributed by atoms with van der Waals surface area (Å²) >= 11 is 7.61. The molecular formula is C10H9ClN2O2S. The topological polar surface area (TPSA) is 54.6 Å². The molecule has 0 aliphatic rings. The minimum absolute atomic E-state index is 0.130. The number of carbonyl (C=O) groups is 1. The summed E-state index contributed by atoms with van der Waals surface area (Å²) in [5.41, 5.74) is 0.835. The van der Waals surface area contributed by atoms with Gasteiger partial charge in [0.25, 0.3) is 0 Å². The van der Waals surface area contributed by atoms with Gasteiger partial charge in [0.1, 0.15) is 0 Å². The number of pyridine rings is 1. The molecule has 2 heterocycles. The van der Waals surface area contributed by atoms with Gasteiger partial charge in [-0.3, -0.25) is 4.79 Å². The Bertz CT molecular complexity index is 527. The first-order valence-electron chi connectivity index (χ1n) is 4.65. The number of thioether (sulfide) groups is 1. The van der Waals surface area contributed by atoms with E-state index in [2.05, 4.69) is 5.10 Å². The van der Waals surface area contributed by atoms with Crippen LogP contribution in [0.4, 0.5) is 0 Å². The van der Waals surface area contributed by atoms with Gasteiger partial charge in [0.2, 0.25) is 0 Å². The number of aliphatic carboxylic acids is 1. The summed E-state index contributed by atoms with van der Waals surface area (Å²) in [5.74, 6) is -0.284. The van der Waals surface area contributed by atoms with E-state index in [9.17, 15) is 4.79 Å². The summed E-state index contributed by atoms with van der Waals surface area (Å²) < 4.78 is 1.68. The zero-order chi connectivity index (χ0) is 11.5. The Balaban J connectivity index is 2.17. The number of fused-ring (bicyclic) bond motifs is 1. The number of hydrogen-bond donors (Lipinski definition) is 1. The Kier molecular flexibility index (Phi) is 3.36. The monoisotopic (exact) mass is 256 g/mol. The molecule has 0 fully saturated rings. The van der Waals surface area contributed by atoms with Crippen molar-refractivity contribution in [1.82, 2.24) is 9.61 Å². The van der Waals surface area contributed by atoms with Crippen molar-refractivity contribution < 1.29 is 9.90 Å². The highest BCUT2D eigenvalue weighted by Crippen LogP contribution is 2.30. The lowest BCUT2D eigenvalue weighted by atomic mass is 10.4. The second-order valence-electron chi connectivity index (χ2n) is 3.15. The second-order valence-corrected chi connectivity index (χ2v) is 4.66. The van der Waals surface area contributed by atoms with Crippen LogP contribution in [0, 0.1) is 0 Å². The molecule has 0 aromatic carbocycles. The van der Waals surface area contributed by atoms with E-state index in [1.165, 1.54) is 11.8 Å². The van der Waals surface area contributed by atoms with E-state index in [4.69, 9.17) is 16.7 Å². The molecule has 0 saturated heterocycles. The van der Waals surface area contributed by atoms with Crippen LogP contribution in [0.3, 0.4) is 0 Å². The third-order valence-electron chi connectivity index (χ3n) is 2.05. The van der Waals surface area contributed by atoms with Crippen LogP contribution < -0.4 is 0 Å². The number of halogens is 1. The molecule has 1 N–H and O–H groups in total. The SMILES string of the molecule is O=C(O)CCSc1ccn2nccc2c1Cl. The van der Waals surface area contributed by atoms with E-state index in [0.717, 1.165) is 10.4 Å². The van der Waals surface area contributed by atoms with Gasteiger partial charge in [-0.05, 0) is 12.1 Å². The van der Waals surface area contributed by atoms with Crippen LogP contribution in [0.25, 0.3) is 5.52 Å². The van der Waals surface area contributed by atoms with Gasteiger partial charge in [0, 0.05) is 16.8 Å². The van der Waals surface area contributed by atoms with Gasteiger partial charge in [0.15, 0.2) is 0 Å². The van der Waals surface area contributed by atoms with Crippen LogP contribution >= 0.6 is 23.4 Å². The van der Waals surface area contributed by atoms with Crippen molar-refractivity contribution >= 4 is 34.8 Å². The molecule has 0 radical (unpaired) electrons. The first-order chi connectivity index (χ1) is 7.68. The molecule has 2 aromatic rings. The Labute approximate surface area is 101 Å². The third kappa shape index (κ3) is 2.31. The lowest BCUT2D eigenvalue weighted by Gasteiger charge is -2.04. The van der Waals surface area contributed by atoms with Gasteiger partial charge in [-0.1, -0.05) is 11.6 Å². The predicted molar refractivity (Wildman–Crippen MR) is 63.2 cm³/mol. The number of carboxylic acid groups (broad SMARTS) is 1. The van der Waals surface area contributed by atoms with Gasteiger partial charge in [-0.25, -0.2) is 4.52 Å². The minimum atomic E-state index is -0.797. The maximum absolute atomic E-state index is 10.4. The highest BCUT2D eigenvalue weighted by molar-refractivity contribution is 7.99. The Morgan fingerprint density at radius 1 is 1.56 bits per heavy atom. The first kappa shape index (κ1) is 11.3. The number of hydrogen-bond acceptors (Lipinski definition) is 3. The molecule has 0 aliphatic carbocycles. The largest absolute Gasteiger partial charge is 0.481 e. The third-order valence-corrected chi connectivity index (χ3v) is 3.62. The molecule has 2 aromatic heterocycles. The fourth-order valence-electron chi connectivity index (χ4n) is 1.30. The molecule has 0 atom stereocenters. The summed E-state index contributed by atoms with van der Waals surface area (Å²) in [6, 6.07) is 3.67. The molecule has 16 heavy (non-hydrogen) atoms. The van der Waals surface area contributed by atoms with Gasteiger partial charge in [-0.2, -0.15) is 5.10 Å². The van der Waals surface area contributed by atoms with Crippen LogP contribution in [-0.4, -0.2) is 26.4 Å². The summed E-state index contributed by atoms with van der Waals surface area (Å²) in [7, 11) is 0. The molecule has 0 bridgehead atoms. The summed E-state index contributed by atoms with van der Waals surface area (Å²) in [5, 5.41) is 13.2. The maximum Gasteiger partial charge on any atom is 0.304 e. The number of carboxylic acids is 1. The van der Waals surface area contributed by atoms with Crippen molar-refractivity contribution in [2.45, 2.75) is 11.3 Å². The zero-order valence-electron chi connectivity index (χ0n) is 8.26. The maximum atomic E-state index is 10.4. The molecule has 0 amide bonds. The van der Waals surface area contributed by atoms with E-state index in [-0.39, 0.29) is 6.42 Å². The van der Waals surface area contributed by atoms with Crippen LogP contribution in [0.5, 0.6) is 0 Å². The lowest BCUT2D eigenvalue weighted by molar-refractivity contribution is -0.136. The average molecular weight is 257 g/mol. The van der Waals surface area contributed by atoms with E-state index in [1.807, 2.05) is 18.3 Å². The lowest BCUT2D eigenvalue weighted by Crippen LogP contribution is -1.96. The van der Waals surface area contributed by atoms with Gasteiger partial charge in [0.05, 0.1) is 23.2 Å². The van der Waals surface area contributed by atoms with Crippen LogP contribution in [-0.2, 0) is 4.79 Å². The number of aromatic nitrogens is 2. The molecule has 84 valence electrons. The van der Waals surface area contributed by atoms with E-state index < -0.39 is 5.97 Å². The van der Waals surface area contributed by atoms with Crippen molar-refractivity contribution in [2.24, 2.45) is 0 Å². The fraction of sp³-hybridized carbons (Fsp3) is 0.200. The Morgan fingerprint density at radius 2 is 2.38 bits per heavy atom. The molecule has 6 heteroatoms. The Morgan fingerprint density at radius 3 is 3.12 bits per heavy atom. The van der Waals surface area contributed by atoms with Gasteiger partial charge in [-0.15, -0.1) is 11.8 Å². The van der Waals surface area contributed by atoms with Crippen molar-refractivity contribution in [3.63, 3.8) is 0 Å². The van der Waals surface area contributed by atoms with E-state index >= 15 is 0 Å². The van der Waals surface area contributed by atoms with Gasteiger partial charge < -0.3 is 5.11 Å². The quantitative estimate of drug-likeness (QED) is 0.855. The summed E-state index contributed by atoms with van der Waals surface area (Å²) in [4.78, 5) is 11.3. The highest BCUT2D eigenvalue weighted by atomic mass is 35.5. The van der Waals surface area contributed by atoms with E-state index in [1.54, 1.807) is 10.7 Å². The van der Waals surface area contributed by atoms with Crippen molar-refractivity contribution in [2.75, 3.05) is 5.75 Å². The van der Waals surface area contributed by atoms with Crippen LogP contribution in [0.15, 0.2) is 29.4 Å². The van der Waals surface area contributed by atoms with Crippen LogP contribution in [0.2, 0.25) is 5.02 Å². The number of rotatable bonds is 4. The molecule has 0 unspecified atom stereocenters. The molecule has 0 aliphatic heterocycles. The number of nitrogens with zero attached hydrogens (tertiary/aromatic N) is 2. The Hall–Kier alpha value is -1.20. The van der Waals surface area contributed by atoms with Crippen molar-refractivity contribution in [3.8, 4) is 0 Å². The molecular weight excluding hydrogens is 248 g/mol. The first-order valence-corrected chi connectivity index (χ1v) is 6.01. The normalized spacial score (nSPS) is 10.8. The summed E-state index contributed by atoms with van der Waals surface area (Å²) in [6.45, 7) is 0. The zero-order valence-corrected chi connectivity index (χ0v) is 9.83. The molecule has 0 spiro atoms. The van der Waals surface area contributed by atoms with E-state index in [0.29, 0.717) is 10.8 Å². The second kappa shape index (κ2) is 4.76. The minimum Gasteiger partial charge on any atom is -0.481 e. The fourth-order valence-corrected chi connectivity index (χ4v) is 2.57. The molecule has 0 saturated carbocycles. The van der Waals surface area contributed by atoms with Crippen LogP contribution in [0.1, 0.15) is 6.42 Å².